The number of nitrogens with zero attached hydrogens (tertiary/aromatic N) is 1. The summed E-state index contributed by atoms with van der Waals surface area (Å²) in [6, 6.07) is 5.08. The Balaban J connectivity index is 2.41. The van der Waals surface area contributed by atoms with Crippen LogP contribution in [-0.4, -0.2) is 4.92 Å². The highest BCUT2D eigenvalue weighted by atomic mass is 16.6. The second kappa shape index (κ2) is 2.73. The first-order valence-electron chi connectivity index (χ1n) is 4.22. The lowest BCUT2D eigenvalue weighted by atomic mass is 10.1. The van der Waals surface area contributed by atoms with Gasteiger partial charge >= 0.3 is 0 Å². The molecule has 4 nitrogen and oxygen atoms in total. The standard InChI is InChI=1S/C9H10N2O2/c10-8-4-3-7(6-1-2-6)5-9(8)11(12)13/h3-6H,1-2,10H2. The molecule has 0 unspecified atom stereocenters. The third-order valence-corrected chi connectivity index (χ3v) is 2.30. The van der Waals surface area contributed by atoms with E-state index < -0.39 is 4.92 Å². The van der Waals surface area contributed by atoms with Gasteiger partial charge in [0.05, 0.1) is 4.92 Å². The molecule has 1 aliphatic rings. The molecule has 13 heavy (non-hydrogen) atoms. The lowest BCUT2D eigenvalue weighted by Gasteiger charge is -2.00. The molecule has 68 valence electrons. The van der Waals surface area contributed by atoms with Gasteiger partial charge in [-0.2, -0.15) is 0 Å². The summed E-state index contributed by atoms with van der Waals surface area (Å²) in [6.07, 6.45) is 2.28. The van der Waals surface area contributed by atoms with Gasteiger partial charge in [0, 0.05) is 6.07 Å². The highest BCUT2D eigenvalue weighted by Crippen LogP contribution is 2.41. The van der Waals surface area contributed by atoms with Gasteiger partial charge in [0.25, 0.3) is 5.69 Å². The SMILES string of the molecule is Nc1ccc(C2CC2)cc1[N+](=O)[O-]. The molecule has 0 amide bonds. The van der Waals surface area contributed by atoms with Gasteiger partial charge in [-0.05, 0) is 30.4 Å². The molecule has 1 aromatic carbocycles. The minimum Gasteiger partial charge on any atom is -0.393 e. The lowest BCUT2D eigenvalue weighted by molar-refractivity contribution is -0.384. The molecule has 1 saturated carbocycles. The van der Waals surface area contributed by atoms with E-state index in [1.54, 1.807) is 12.1 Å². The van der Waals surface area contributed by atoms with Crippen molar-refractivity contribution >= 4 is 11.4 Å². The highest BCUT2D eigenvalue weighted by molar-refractivity contribution is 5.59. The molecule has 1 aromatic rings. The van der Waals surface area contributed by atoms with Crippen LogP contribution in [0, 0.1) is 10.1 Å². The zero-order chi connectivity index (χ0) is 9.42. The van der Waals surface area contributed by atoms with Crippen LogP contribution in [0.25, 0.3) is 0 Å². The smallest absolute Gasteiger partial charge is 0.292 e. The van der Waals surface area contributed by atoms with E-state index in [4.69, 9.17) is 5.73 Å². The van der Waals surface area contributed by atoms with Crippen molar-refractivity contribution in [3.63, 3.8) is 0 Å². The van der Waals surface area contributed by atoms with Crippen LogP contribution in [0.5, 0.6) is 0 Å². The molecule has 0 aliphatic heterocycles. The van der Waals surface area contributed by atoms with Crippen molar-refractivity contribution in [1.29, 1.82) is 0 Å². The Kier molecular flexibility index (Phi) is 1.69. The first-order valence-corrected chi connectivity index (χ1v) is 4.22. The summed E-state index contributed by atoms with van der Waals surface area (Å²) in [5.74, 6) is 0.527. The molecule has 2 N–H and O–H groups in total. The minimum atomic E-state index is -0.429. The Bertz CT molecular complexity index is 359. The lowest BCUT2D eigenvalue weighted by Crippen LogP contribution is -1.96. The van der Waals surface area contributed by atoms with Gasteiger partial charge in [-0.1, -0.05) is 6.07 Å². The van der Waals surface area contributed by atoms with Crippen LogP contribution in [-0.2, 0) is 0 Å². The van der Waals surface area contributed by atoms with E-state index >= 15 is 0 Å². The molecular weight excluding hydrogens is 168 g/mol. The number of nitrogen functional groups attached to an aromatic ring is 1. The van der Waals surface area contributed by atoms with Gasteiger partial charge < -0.3 is 5.73 Å². The van der Waals surface area contributed by atoms with Crippen LogP contribution < -0.4 is 5.73 Å². The van der Waals surface area contributed by atoms with Crippen LogP contribution in [0.15, 0.2) is 18.2 Å². The number of rotatable bonds is 2. The van der Waals surface area contributed by atoms with Crippen molar-refractivity contribution in [2.75, 3.05) is 5.73 Å². The zero-order valence-corrected chi connectivity index (χ0v) is 7.06. The molecule has 0 atom stereocenters. The van der Waals surface area contributed by atoms with Crippen LogP contribution in [0.3, 0.4) is 0 Å². The van der Waals surface area contributed by atoms with E-state index in [-0.39, 0.29) is 11.4 Å². The van der Waals surface area contributed by atoms with Crippen molar-refractivity contribution in [3.05, 3.63) is 33.9 Å². The number of nitro groups is 1. The van der Waals surface area contributed by atoms with Crippen LogP contribution in [0.1, 0.15) is 24.3 Å². The average Bonchev–Trinajstić information content (AvgIpc) is 2.87. The van der Waals surface area contributed by atoms with Gasteiger partial charge in [0.2, 0.25) is 0 Å². The van der Waals surface area contributed by atoms with Crippen LogP contribution >= 0.6 is 0 Å². The fourth-order valence-electron chi connectivity index (χ4n) is 1.39. The molecule has 1 fully saturated rings. The Morgan fingerprint density at radius 1 is 1.46 bits per heavy atom. The van der Waals surface area contributed by atoms with Crippen molar-refractivity contribution in [2.24, 2.45) is 0 Å². The van der Waals surface area contributed by atoms with Gasteiger partial charge in [0.1, 0.15) is 5.69 Å². The van der Waals surface area contributed by atoms with Crippen molar-refractivity contribution in [2.45, 2.75) is 18.8 Å². The van der Waals surface area contributed by atoms with Crippen LogP contribution in [0.2, 0.25) is 0 Å². The second-order valence-corrected chi connectivity index (χ2v) is 3.35. The summed E-state index contributed by atoms with van der Waals surface area (Å²) >= 11 is 0. The second-order valence-electron chi connectivity index (χ2n) is 3.35. The van der Waals surface area contributed by atoms with Gasteiger partial charge in [-0.3, -0.25) is 10.1 Å². The summed E-state index contributed by atoms with van der Waals surface area (Å²) in [7, 11) is 0. The maximum Gasteiger partial charge on any atom is 0.292 e. The summed E-state index contributed by atoms with van der Waals surface area (Å²) in [5, 5.41) is 10.5. The summed E-state index contributed by atoms with van der Waals surface area (Å²) in [5.41, 5.74) is 6.79. The van der Waals surface area contributed by atoms with Crippen molar-refractivity contribution in [1.82, 2.24) is 0 Å². The Morgan fingerprint density at radius 3 is 2.69 bits per heavy atom. The van der Waals surface area contributed by atoms with E-state index in [0.717, 1.165) is 18.4 Å². The normalized spacial score (nSPS) is 15.7. The first kappa shape index (κ1) is 8.04. The Labute approximate surface area is 75.5 Å². The molecule has 0 bridgehead atoms. The predicted molar refractivity (Wildman–Crippen MR) is 49.5 cm³/mol. The molecule has 0 spiro atoms. The fourth-order valence-corrected chi connectivity index (χ4v) is 1.39. The monoisotopic (exact) mass is 178 g/mol. The highest BCUT2D eigenvalue weighted by Gasteiger charge is 2.25. The average molecular weight is 178 g/mol. The van der Waals surface area contributed by atoms with Crippen molar-refractivity contribution in [3.8, 4) is 0 Å². The van der Waals surface area contributed by atoms with E-state index in [1.807, 2.05) is 6.07 Å². The number of hydrogen-bond acceptors (Lipinski definition) is 3. The molecule has 0 heterocycles. The van der Waals surface area contributed by atoms with Crippen LogP contribution in [0.4, 0.5) is 11.4 Å². The number of benzene rings is 1. The summed E-state index contributed by atoms with van der Waals surface area (Å²) in [4.78, 5) is 10.1. The molecule has 0 aromatic heterocycles. The zero-order valence-electron chi connectivity index (χ0n) is 7.06. The topological polar surface area (TPSA) is 69.2 Å². The maximum atomic E-state index is 10.5. The van der Waals surface area contributed by atoms with E-state index in [9.17, 15) is 10.1 Å². The van der Waals surface area contributed by atoms with E-state index in [2.05, 4.69) is 0 Å². The third kappa shape index (κ3) is 1.47. The number of nitro benzene ring substituents is 1. The number of nitrogens with two attached hydrogens (primary N) is 1. The van der Waals surface area contributed by atoms with Gasteiger partial charge in [-0.15, -0.1) is 0 Å². The maximum absolute atomic E-state index is 10.5. The molecule has 4 heteroatoms. The van der Waals surface area contributed by atoms with E-state index in [1.165, 1.54) is 0 Å². The van der Waals surface area contributed by atoms with E-state index in [0.29, 0.717) is 5.92 Å². The number of anilines is 1. The predicted octanol–water partition coefficient (Wildman–Crippen LogP) is 2.05. The quantitative estimate of drug-likeness (QED) is 0.428. The number of hydrogen-bond donors (Lipinski definition) is 1. The third-order valence-electron chi connectivity index (χ3n) is 2.30. The largest absolute Gasteiger partial charge is 0.393 e. The molecule has 0 radical (unpaired) electrons. The van der Waals surface area contributed by atoms with Gasteiger partial charge in [0.15, 0.2) is 0 Å². The summed E-state index contributed by atoms with van der Waals surface area (Å²) < 4.78 is 0. The first-order chi connectivity index (χ1) is 6.18. The van der Waals surface area contributed by atoms with Crippen molar-refractivity contribution < 1.29 is 4.92 Å². The molecule has 0 saturated heterocycles. The Morgan fingerprint density at radius 2 is 2.15 bits per heavy atom. The molecule has 2 rings (SSSR count). The fraction of sp³-hybridized carbons (Fsp3) is 0.333. The molecular formula is C9H10N2O2. The minimum absolute atomic E-state index is 0.0319. The van der Waals surface area contributed by atoms with Gasteiger partial charge in [-0.25, -0.2) is 0 Å². The molecule has 1 aliphatic carbocycles. The Hall–Kier alpha value is -1.58. The summed E-state index contributed by atoms with van der Waals surface area (Å²) in [6.45, 7) is 0.